The molecule has 2 heteroatoms. The molecular weight excluding hydrogens is 232 g/mol. The standard InChI is InChI=1S/C17H22N2/c1-18-17(12-13-6-2-3-7-13)16-11-10-14-8-4-5-9-15(14)19-16/h4-5,8-11,13,17-18H,2-3,6-7,12H2,1H3. The molecule has 0 radical (unpaired) electrons. The van der Waals surface area contributed by atoms with Crippen LogP contribution in [0.15, 0.2) is 36.4 Å². The van der Waals surface area contributed by atoms with Crippen LogP contribution < -0.4 is 5.32 Å². The normalized spacial score (nSPS) is 17.9. The minimum Gasteiger partial charge on any atom is -0.312 e. The maximum atomic E-state index is 4.83. The number of benzene rings is 1. The maximum absolute atomic E-state index is 4.83. The largest absolute Gasteiger partial charge is 0.312 e. The molecule has 19 heavy (non-hydrogen) atoms. The third-order valence-corrected chi connectivity index (χ3v) is 4.37. The fourth-order valence-corrected chi connectivity index (χ4v) is 3.24. The molecule has 1 N–H and O–H groups in total. The summed E-state index contributed by atoms with van der Waals surface area (Å²) < 4.78 is 0. The molecule has 0 amide bonds. The van der Waals surface area contributed by atoms with Crippen LogP contribution in [0.3, 0.4) is 0 Å². The van der Waals surface area contributed by atoms with Crippen LogP contribution >= 0.6 is 0 Å². The minimum atomic E-state index is 0.396. The molecule has 1 heterocycles. The van der Waals surface area contributed by atoms with Crippen LogP contribution in [-0.2, 0) is 0 Å². The van der Waals surface area contributed by atoms with Gasteiger partial charge in [0, 0.05) is 11.4 Å². The first kappa shape index (κ1) is 12.6. The summed E-state index contributed by atoms with van der Waals surface area (Å²) >= 11 is 0. The van der Waals surface area contributed by atoms with Crippen LogP contribution in [0.4, 0.5) is 0 Å². The van der Waals surface area contributed by atoms with Crippen molar-refractivity contribution in [3.63, 3.8) is 0 Å². The molecule has 1 aliphatic carbocycles. The van der Waals surface area contributed by atoms with Crippen molar-refractivity contribution >= 4 is 10.9 Å². The van der Waals surface area contributed by atoms with Gasteiger partial charge in [0.05, 0.1) is 11.2 Å². The summed E-state index contributed by atoms with van der Waals surface area (Å²) in [6.07, 6.45) is 6.83. The second kappa shape index (κ2) is 5.70. The summed E-state index contributed by atoms with van der Waals surface area (Å²) in [5, 5.41) is 4.67. The third-order valence-electron chi connectivity index (χ3n) is 4.37. The molecule has 0 saturated heterocycles. The Morgan fingerprint density at radius 3 is 2.74 bits per heavy atom. The molecule has 0 bridgehead atoms. The number of rotatable bonds is 4. The van der Waals surface area contributed by atoms with Gasteiger partial charge in [-0.05, 0) is 31.5 Å². The number of hydrogen-bond donors (Lipinski definition) is 1. The van der Waals surface area contributed by atoms with Crippen molar-refractivity contribution in [3.05, 3.63) is 42.1 Å². The first-order valence-electron chi connectivity index (χ1n) is 7.40. The molecule has 1 atom stereocenters. The van der Waals surface area contributed by atoms with Gasteiger partial charge in [-0.15, -0.1) is 0 Å². The van der Waals surface area contributed by atoms with Crippen molar-refractivity contribution < 1.29 is 0 Å². The van der Waals surface area contributed by atoms with E-state index >= 15 is 0 Å². The lowest BCUT2D eigenvalue weighted by Gasteiger charge is -2.20. The lowest BCUT2D eigenvalue weighted by atomic mass is 9.96. The molecule has 1 aliphatic rings. The summed E-state index contributed by atoms with van der Waals surface area (Å²) in [5.41, 5.74) is 2.29. The monoisotopic (exact) mass is 254 g/mol. The number of nitrogens with one attached hydrogen (secondary N) is 1. The van der Waals surface area contributed by atoms with Crippen LogP contribution in [-0.4, -0.2) is 12.0 Å². The molecule has 3 rings (SSSR count). The van der Waals surface area contributed by atoms with Gasteiger partial charge in [0.25, 0.3) is 0 Å². The molecule has 1 saturated carbocycles. The predicted octanol–water partition coefficient (Wildman–Crippen LogP) is 4.08. The Hall–Kier alpha value is -1.41. The Bertz CT molecular complexity index is 544. The van der Waals surface area contributed by atoms with Crippen molar-refractivity contribution in [1.82, 2.24) is 10.3 Å². The lowest BCUT2D eigenvalue weighted by Crippen LogP contribution is -2.20. The van der Waals surface area contributed by atoms with E-state index in [1.807, 2.05) is 0 Å². The van der Waals surface area contributed by atoms with Crippen LogP contribution in [0.25, 0.3) is 10.9 Å². The zero-order chi connectivity index (χ0) is 13.1. The maximum Gasteiger partial charge on any atom is 0.0706 e. The minimum absolute atomic E-state index is 0.396. The van der Waals surface area contributed by atoms with E-state index in [2.05, 4.69) is 48.8 Å². The highest BCUT2D eigenvalue weighted by Gasteiger charge is 2.21. The lowest BCUT2D eigenvalue weighted by molar-refractivity contribution is 0.408. The average Bonchev–Trinajstić information content (AvgIpc) is 2.97. The molecule has 100 valence electrons. The van der Waals surface area contributed by atoms with Crippen LogP contribution in [0.1, 0.15) is 43.8 Å². The van der Waals surface area contributed by atoms with Crippen molar-refractivity contribution in [2.45, 2.75) is 38.1 Å². The number of hydrogen-bond acceptors (Lipinski definition) is 2. The fourth-order valence-electron chi connectivity index (χ4n) is 3.24. The molecule has 1 aromatic heterocycles. The van der Waals surface area contributed by atoms with Gasteiger partial charge >= 0.3 is 0 Å². The number of aromatic nitrogens is 1. The average molecular weight is 254 g/mol. The van der Waals surface area contributed by atoms with Gasteiger partial charge in [0.15, 0.2) is 0 Å². The van der Waals surface area contributed by atoms with Crippen LogP contribution in [0.5, 0.6) is 0 Å². The second-order valence-electron chi connectivity index (χ2n) is 5.66. The molecule has 2 nitrogen and oxygen atoms in total. The number of pyridine rings is 1. The molecule has 0 aliphatic heterocycles. The van der Waals surface area contributed by atoms with Crippen molar-refractivity contribution in [2.24, 2.45) is 5.92 Å². The summed E-state index contributed by atoms with van der Waals surface area (Å²) in [6.45, 7) is 0. The van der Waals surface area contributed by atoms with Crippen LogP contribution in [0.2, 0.25) is 0 Å². The van der Waals surface area contributed by atoms with Crippen LogP contribution in [0, 0.1) is 5.92 Å². The van der Waals surface area contributed by atoms with E-state index in [1.54, 1.807) is 0 Å². The van der Waals surface area contributed by atoms with Gasteiger partial charge in [-0.2, -0.15) is 0 Å². The van der Waals surface area contributed by atoms with E-state index in [-0.39, 0.29) is 0 Å². The Labute approximate surface area is 115 Å². The predicted molar refractivity (Wildman–Crippen MR) is 80.1 cm³/mol. The Morgan fingerprint density at radius 1 is 1.16 bits per heavy atom. The number of fused-ring (bicyclic) bond motifs is 1. The molecule has 1 aromatic carbocycles. The number of para-hydroxylation sites is 1. The highest BCUT2D eigenvalue weighted by Crippen LogP contribution is 2.32. The van der Waals surface area contributed by atoms with Crippen molar-refractivity contribution in [1.29, 1.82) is 0 Å². The summed E-state index contributed by atoms with van der Waals surface area (Å²) in [5.74, 6) is 0.880. The van der Waals surface area contributed by atoms with E-state index in [1.165, 1.54) is 43.2 Å². The van der Waals surface area contributed by atoms with E-state index in [9.17, 15) is 0 Å². The summed E-state index contributed by atoms with van der Waals surface area (Å²) in [6, 6.07) is 13.1. The van der Waals surface area contributed by atoms with Gasteiger partial charge in [-0.3, -0.25) is 4.98 Å². The van der Waals surface area contributed by atoms with E-state index in [0.717, 1.165) is 11.4 Å². The molecule has 0 spiro atoms. The summed E-state index contributed by atoms with van der Waals surface area (Å²) in [7, 11) is 2.05. The topological polar surface area (TPSA) is 24.9 Å². The second-order valence-corrected chi connectivity index (χ2v) is 5.66. The molecular formula is C17H22N2. The quantitative estimate of drug-likeness (QED) is 0.889. The number of nitrogens with zero attached hydrogens (tertiary/aromatic N) is 1. The van der Waals surface area contributed by atoms with Gasteiger partial charge in [-0.1, -0.05) is 49.9 Å². The Kier molecular flexibility index (Phi) is 3.79. The van der Waals surface area contributed by atoms with Gasteiger partial charge in [0.2, 0.25) is 0 Å². The van der Waals surface area contributed by atoms with Gasteiger partial charge < -0.3 is 5.32 Å². The highest BCUT2D eigenvalue weighted by atomic mass is 14.9. The van der Waals surface area contributed by atoms with Crippen molar-refractivity contribution in [2.75, 3.05) is 7.05 Å². The highest BCUT2D eigenvalue weighted by molar-refractivity contribution is 5.78. The van der Waals surface area contributed by atoms with Gasteiger partial charge in [-0.25, -0.2) is 0 Å². The first-order chi connectivity index (χ1) is 9.36. The van der Waals surface area contributed by atoms with E-state index in [0.29, 0.717) is 6.04 Å². The molecule has 1 unspecified atom stereocenters. The molecule has 2 aromatic rings. The zero-order valence-corrected chi connectivity index (χ0v) is 11.6. The SMILES string of the molecule is CNC(CC1CCCC1)c1ccc2ccccc2n1. The fraction of sp³-hybridized carbons (Fsp3) is 0.471. The Morgan fingerprint density at radius 2 is 1.95 bits per heavy atom. The third kappa shape index (κ3) is 2.79. The smallest absolute Gasteiger partial charge is 0.0706 e. The molecule has 1 fully saturated rings. The van der Waals surface area contributed by atoms with Crippen molar-refractivity contribution in [3.8, 4) is 0 Å². The Balaban J connectivity index is 1.83. The van der Waals surface area contributed by atoms with Gasteiger partial charge in [0.1, 0.15) is 0 Å². The van der Waals surface area contributed by atoms with E-state index < -0.39 is 0 Å². The van der Waals surface area contributed by atoms with E-state index in [4.69, 9.17) is 4.98 Å². The first-order valence-corrected chi connectivity index (χ1v) is 7.40. The summed E-state index contributed by atoms with van der Waals surface area (Å²) in [4.78, 5) is 4.83. The zero-order valence-electron chi connectivity index (χ0n) is 11.6.